The van der Waals surface area contributed by atoms with E-state index in [1.54, 1.807) is 12.1 Å². The van der Waals surface area contributed by atoms with Crippen LogP contribution in [0, 0.1) is 0 Å². The first kappa shape index (κ1) is 18.1. The Morgan fingerprint density at radius 2 is 1.30 bits per heavy atom. The Kier molecular flexibility index (Phi) is 5.17. The summed E-state index contributed by atoms with van der Waals surface area (Å²) in [5, 5.41) is 4.66. The number of methoxy groups -OCH3 is 2. The Bertz CT molecular complexity index is 1010. The van der Waals surface area contributed by atoms with E-state index in [4.69, 9.17) is 9.47 Å². The highest BCUT2D eigenvalue weighted by atomic mass is 16.5. The molecule has 0 saturated heterocycles. The van der Waals surface area contributed by atoms with Gasteiger partial charge in [-0.25, -0.2) is 9.59 Å². The molecule has 1 N–H and O–H groups in total. The molecule has 3 aromatic carbocycles. The number of nitrogens with one attached hydrogen (secondary N) is 1. The molecule has 3 rings (SSSR count). The molecule has 6 heteroatoms. The molecule has 0 atom stereocenters. The first-order valence-electron chi connectivity index (χ1n) is 8.13. The molecule has 136 valence electrons. The van der Waals surface area contributed by atoms with Gasteiger partial charge in [-0.15, -0.1) is 0 Å². The lowest BCUT2D eigenvalue weighted by Gasteiger charge is -2.10. The average molecular weight is 363 g/mol. The molecule has 6 nitrogen and oxygen atoms in total. The predicted octanol–water partition coefficient (Wildman–Crippen LogP) is 3.67. The molecular formula is C21H17NO5. The molecular weight excluding hydrogens is 346 g/mol. The van der Waals surface area contributed by atoms with E-state index >= 15 is 0 Å². The van der Waals surface area contributed by atoms with Gasteiger partial charge >= 0.3 is 11.9 Å². The largest absolute Gasteiger partial charge is 0.465 e. The third-order valence-corrected chi connectivity index (χ3v) is 4.04. The smallest absolute Gasteiger partial charge is 0.337 e. The van der Waals surface area contributed by atoms with Crippen molar-refractivity contribution in [3.8, 4) is 0 Å². The minimum Gasteiger partial charge on any atom is -0.465 e. The van der Waals surface area contributed by atoms with Gasteiger partial charge in [-0.3, -0.25) is 4.79 Å². The number of esters is 2. The predicted molar refractivity (Wildman–Crippen MR) is 101 cm³/mol. The number of amides is 1. The van der Waals surface area contributed by atoms with Crippen LogP contribution in [-0.2, 0) is 9.47 Å². The molecule has 1 amide bonds. The van der Waals surface area contributed by atoms with Crippen LogP contribution in [0.15, 0.2) is 60.7 Å². The lowest BCUT2D eigenvalue weighted by Crippen LogP contribution is -2.14. The van der Waals surface area contributed by atoms with Crippen molar-refractivity contribution in [3.63, 3.8) is 0 Å². The normalized spacial score (nSPS) is 10.3. The monoisotopic (exact) mass is 363 g/mol. The van der Waals surface area contributed by atoms with Gasteiger partial charge in [-0.05, 0) is 41.1 Å². The summed E-state index contributed by atoms with van der Waals surface area (Å²) in [5.41, 5.74) is 1.01. The second kappa shape index (κ2) is 7.70. The summed E-state index contributed by atoms with van der Waals surface area (Å²) in [5.74, 6) is -1.61. The molecule has 0 spiro atoms. The Hall–Kier alpha value is -3.67. The highest BCUT2D eigenvalue weighted by Crippen LogP contribution is 2.20. The van der Waals surface area contributed by atoms with E-state index in [1.807, 2.05) is 30.3 Å². The van der Waals surface area contributed by atoms with Gasteiger partial charge in [0.2, 0.25) is 0 Å². The zero-order valence-electron chi connectivity index (χ0n) is 14.8. The van der Waals surface area contributed by atoms with Gasteiger partial charge in [-0.1, -0.05) is 30.3 Å². The second-order valence-corrected chi connectivity index (χ2v) is 5.80. The maximum absolute atomic E-state index is 12.6. The molecule has 0 bridgehead atoms. The topological polar surface area (TPSA) is 81.7 Å². The van der Waals surface area contributed by atoms with Crippen molar-refractivity contribution >= 4 is 34.3 Å². The summed E-state index contributed by atoms with van der Waals surface area (Å²) in [6.45, 7) is 0. The van der Waals surface area contributed by atoms with E-state index in [0.717, 1.165) is 10.8 Å². The molecule has 0 heterocycles. The van der Waals surface area contributed by atoms with Crippen LogP contribution >= 0.6 is 0 Å². The number of ether oxygens (including phenoxy) is 2. The van der Waals surface area contributed by atoms with Crippen LogP contribution in [-0.4, -0.2) is 32.1 Å². The van der Waals surface area contributed by atoms with Crippen LogP contribution in [0.5, 0.6) is 0 Å². The van der Waals surface area contributed by atoms with Gasteiger partial charge in [-0.2, -0.15) is 0 Å². The Morgan fingerprint density at radius 1 is 0.704 bits per heavy atom. The van der Waals surface area contributed by atoms with Crippen LogP contribution in [0.2, 0.25) is 0 Å². The zero-order chi connectivity index (χ0) is 19.4. The molecule has 0 aromatic heterocycles. The maximum atomic E-state index is 12.6. The van der Waals surface area contributed by atoms with Gasteiger partial charge in [0.1, 0.15) is 0 Å². The van der Waals surface area contributed by atoms with E-state index in [9.17, 15) is 14.4 Å². The van der Waals surface area contributed by atoms with Gasteiger partial charge in [0, 0.05) is 11.3 Å². The Morgan fingerprint density at radius 3 is 1.89 bits per heavy atom. The van der Waals surface area contributed by atoms with Crippen molar-refractivity contribution in [2.24, 2.45) is 0 Å². The molecule has 0 aliphatic heterocycles. The lowest BCUT2D eigenvalue weighted by atomic mass is 10.1. The van der Waals surface area contributed by atoms with E-state index < -0.39 is 11.9 Å². The molecule has 0 radical (unpaired) electrons. The first-order chi connectivity index (χ1) is 13.0. The summed E-state index contributed by atoms with van der Waals surface area (Å²) < 4.78 is 9.39. The highest BCUT2D eigenvalue weighted by Gasteiger charge is 2.15. The molecule has 0 fully saturated rings. The standard InChI is InChI=1S/C21H17NO5/c1-26-20(24)16-10-17(21(25)27-2)12-18(11-16)22-19(23)15-8-7-13-5-3-4-6-14(13)9-15/h3-12H,1-2H3,(H,22,23). The zero-order valence-corrected chi connectivity index (χ0v) is 14.8. The molecule has 0 aliphatic rings. The van der Waals surface area contributed by atoms with Crippen molar-refractivity contribution in [1.82, 2.24) is 0 Å². The van der Waals surface area contributed by atoms with Crippen molar-refractivity contribution in [1.29, 1.82) is 0 Å². The van der Waals surface area contributed by atoms with Gasteiger partial charge in [0.15, 0.2) is 0 Å². The van der Waals surface area contributed by atoms with Crippen LogP contribution in [0.1, 0.15) is 31.1 Å². The SMILES string of the molecule is COC(=O)c1cc(NC(=O)c2ccc3ccccc3c2)cc(C(=O)OC)c1. The molecule has 0 unspecified atom stereocenters. The highest BCUT2D eigenvalue weighted by molar-refractivity contribution is 6.07. The number of rotatable bonds is 4. The number of benzene rings is 3. The fourth-order valence-electron chi connectivity index (χ4n) is 2.70. The summed E-state index contributed by atoms with van der Waals surface area (Å²) in [7, 11) is 2.47. The maximum Gasteiger partial charge on any atom is 0.337 e. The van der Waals surface area contributed by atoms with Crippen LogP contribution in [0.3, 0.4) is 0 Å². The molecule has 0 saturated carbocycles. The number of carbonyl (C=O) groups excluding carboxylic acids is 3. The van der Waals surface area contributed by atoms with Gasteiger partial charge in [0.05, 0.1) is 25.3 Å². The van der Waals surface area contributed by atoms with Gasteiger partial charge < -0.3 is 14.8 Å². The lowest BCUT2D eigenvalue weighted by molar-refractivity contribution is 0.0599. The van der Waals surface area contributed by atoms with Crippen molar-refractivity contribution in [3.05, 3.63) is 77.4 Å². The third kappa shape index (κ3) is 3.95. The molecule has 0 aliphatic carbocycles. The molecule has 3 aromatic rings. The van der Waals surface area contributed by atoms with Gasteiger partial charge in [0.25, 0.3) is 5.91 Å². The molecule has 27 heavy (non-hydrogen) atoms. The fraction of sp³-hybridized carbons (Fsp3) is 0.0952. The summed E-state index contributed by atoms with van der Waals surface area (Å²) in [6.07, 6.45) is 0. The quantitative estimate of drug-likeness (QED) is 0.715. The minimum atomic E-state index is -0.623. The number of hydrogen-bond donors (Lipinski definition) is 1. The minimum absolute atomic E-state index is 0.134. The number of fused-ring (bicyclic) bond motifs is 1. The van der Waals surface area contributed by atoms with E-state index in [0.29, 0.717) is 5.56 Å². The Labute approximate surface area is 155 Å². The third-order valence-electron chi connectivity index (χ3n) is 4.04. The van der Waals surface area contributed by atoms with Crippen LogP contribution in [0.4, 0.5) is 5.69 Å². The summed E-state index contributed by atoms with van der Waals surface area (Å²) >= 11 is 0. The summed E-state index contributed by atoms with van der Waals surface area (Å²) in [4.78, 5) is 36.3. The van der Waals surface area contributed by atoms with Crippen molar-refractivity contribution < 1.29 is 23.9 Å². The number of hydrogen-bond acceptors (Lipinski definition) is 5. The fourth-order valence-corrected chi connectivity index (χ4v) is 2.70. The van der Waals surface area contributed by atoms with Crippen LogP contribution in [0.25, 0.3) is 10.8 Å². The second-order valence-electron chi connectivity index (χ2n) is 5.80. The van der Waals surface area contributed by atoms with E-state index in [1.165, 1.54) is 32.4 Å². The number of anilines is 1. The van der Waals surface area contributed by atoms with E-state index in [2.05, 4.69) is 5.32 Å². The van der Waals surface area contributed by atoms with Crippen molar-refractivity contribution in [2.45, 2.75) is 0 Å². The Balaban J connectivity index is 1.93. The van der Waals surface area contributed by atoms with Crippen LogP contribution < -0.4 is 5.32 Å². The van der Waals surface area contributed by atoms with E-state index in [-0.39, 0.29) is 22.7 Å². The summed E-state index contributed by atoms with van der Waals surface area (Å²) in [6, 6.07) is 17.3. The van der Waals surface area contributed by atoms with Crippen molar-refractivity contribution in [2.75, 3.05) is 19.5 Å². The average Bonchev–Trinajstić information content (AvgIpc) is 2.71. The number of carbonyl (C=O) groups is 3. The first-order valence-corrected chi connectivity index (χ1v) is 8.13.